The minimum atomic E-state index is -0.526. The summed E-state index contributed by atoms with van der Waals surface area (Å²) < 4.78 is 10.7. The van der Waals surface area contributed by atoms with Gasteiger partial charge in [0.25, 0.3) is 0 Å². The first-order valence-corrected chi connectivity index (χ1v) is 7.64. The normalized spacial score (nSPS) is 33.7. The SMILES string of the molecule is COC(=O)C1(NC2CCCCCC2)CCOC(C)C1. The number of hydrogen-bond donors (Lipinski definition) is 1. The maximum Gasteiger partial charge on any atom is 0.326 e. The van der Waals surface area contributed by atoms with Gasteiger partial charge < -0.3 is 9.47 Å². The van der Waals surface area contributed by atoms with Crippen LogP contribution in [0.3, 0.4) is 0 Å². The molecule has 0 spiro atoms. The molecule has 0 bridgehead atoms. The summed E-state index contributed by atoms with van der Waals surface area (Å²) in [7, 11) is 1.49. The Morgan fingerprint density at radius 3 is 2.53 bits per heavy atom. The van der Waals surface area contributed by atoms with E-state index in [1.165, 1.54) is 45.6 Å². The quantitative estimate of drug-likeness (QED) is 0.631. The molecule has 1 saturated heterocycles. The summed E-state index contributed by atoms with van der Waals surface area (Å²) in [6, 6.07) is 0.451. The van der Waals surface area contributed by atoms with Crippen molar-refractivity contribution < 1.29 is 14.3 Å². The Balaban J connectivity index is 2.06. The lowest BCUT2D eigenvalue weighted by atomic mass is 9.85. The van der Waals surface area contributed by atoms with Crippen molar-refractivity contribution in [3.63, 3.8) is 0 Å². The fourth-order valence-electron chi connectivity index (χ4n) is 3.47. The van der Waals surface area contributed by atoms with Crippen LogP contribution in [0.2, 0.25) is 0 Å². The number of carbonyl (C=O) groups excluding carboxylic acids is 1. The zero-order chi connectivity index (χ0) is 13.7. The molecule has 1 saturated carbocycles. The molecular formula is C15H27NO3. The zero-order valence-electron chi connectivity index (χ0n) is 12.2. The van der Waals surface area contributed by atoms with E-state index in [0.717, 1.165) is 12.8 Å². The Kier molecular flexibility index (Phi) is 5.22. The highest BCUT2D eigenvalue weighted by Crippen LogP contribution is 2.29. The zero-order valence-corrected chi connectivity index (χ0v) is 12.2. The average Bonchev–Trinajstić information content (AvgIpc) is 2.66. The van der Waals surface area contributed by atoms with Crippen molar-refractivity contribution in [2.24, 2.45) is 0 Å². The van der Waals surface area contributed by atoms with E-state index in [1.54, 1.807) is 0 Å². The largest absolute Gasteiger partial charge is 0.468 e. The Hall–Kier alpha value is -0.610. The molecule has 0 radical (unpaired) electrons. The monoisotopic (exact) mass is 269 g/mol. The third-order valence-corrected chi connectivity index (χ3v) is 4.48. The molecule has 1 heterocycles. The molecule has 4 nitrogen and oxygen atoms in total. The van der Waals surface area contributed by atoms with Crippen LogP contribution in [0.15, 0.2) is 0 Å². The van der Waals surface area contributed by atoms with Crippen molar-refractivity contribution in [1.82, 2.24) is 5.32 Å². The van der Waals surface area contributed by atoms with Crippen molar-refractivity contribution in [3.8, 4) is 0 Å². The second kappa shape index (κ2) is 6.71. The molecule has 2 aliphatic rings. The molecule has 4 heteroatoms. The number of rotatable bonds is 3. The van der Waals surface area contributed by atoms with E-state index in [9.17, 15) is 4.79 Å². The summed E-state index contributed by atoms with van der Waals surface area (Å²) in [6.07, 6.45) is 9.08. The molecule has 1 aliphatic carbocycles. The smallest absolute Gasteiger partial charge is 0.326 e. The summed E-state index contributed by atoms with van der Waals surface area (Å²) in [5, 5.41) is 3.64. The van der Waals surface area contributed by atoms with Gasteiger partial charge in [-0.1, -0.05) is 25.7 Å². The van der Waals surface area contributed by atoms with Crippen LogP contribution in [-0.4, -0.2) is 37.4 Å². The van der Waals surface area contributed by atoms with Gasteiger partial charge >= 0.3 is 5.97 Å². The third kappa shape index (κ3) is 3.69. The molecule has 1 aliphatic heterocycles. The lowest BCUT2D eigenvalue weighted by Crippen LogP contribution is -2.60. The van der Waals surface area contributed by atoms with Crippen LogP contribution in [0, 0.1) is 0 Å². The molecule has 2 atom stereocenters. The van der Waals surface area contributed by atoms with E-state index in [-0.39, 0.29) is 12.1 Å². The predicted octanol–water partition coefficient (Wildman–Crippen LogP) is 2.41. The van der Waals surface area contributed by atoms with E-state index >= 15 is 0 Å². The lowest BCUT2D eigenvalue weighted by Gasteiger charge is -2.40. The average molecular weight is 269 g/mol. The van der Waals surface area contributed by atoms with Crippen LogP contribution in [0.5, 0.6) is 0 Å². The van der Waals surface area contributed by atoms with Gasteiger partial charge in [0, 0.05) is 19.1 Å². The molecule has 1 N–H and O–H groups in total. The fraction of sp³-hybridized carbons (Fsp3) is 0.933. The standard InChI is InChI=1S/C15H27NO3/c1-12-11-15(9-10-19-12,14(17)18-2)16-13-7-5-3-4-6-8-13/h12-13,16H,3-11H2,1-2H3. The molecule has 0 aromatic rings. The maximum atomic E-state index is 12.3. The molecule has 110 valence electrons. The van der Waals surface area contributed by atoms with E-state index in [4.69, 9.17) is 9.47 Å². The van der Waals surface area contributed by atoms with E-state index < -0.39 is 5.54 Å². The minimum Gasteiger partial charge on any atom is -0.468 e. The number of methoxy groups -OCH3 is 1. The second-order valence-electron chi connectivity index (χ2n) is 6.04. The second-order valence-corrected chi connectivity index (χ2v) is 6.04. The maximum absolute atomic E-state index is 12.3. The first-order valence-electron chi connectivity index (χ1n) is 7.64. The van der Waals surface area contributed by atoms with Gasteiger partial charge in [-0.25, -0.2) is 0 Å². The van der Waals surface area contributed by atoms with Crippen LogP contribution in [0.25, 0.3) is 0 Å². The highest BCUT2D eigenvalue weighted by atomic mass is 16.5. The van der Waals surface area contributed by atoms with Crippen molar-refractivity contribution in [2.45, 2.75) is 76.0 Å². The summed E-state index contributed by atoms with van der Waals surface area (Å²) in [4.78, 5) is 12.3. The number of hydrogen-bond acceptors (Lipinski definition) is 4. The van der Waals surface area contributed by atoms with Crippen LogP contribution >= 0.6 is 0 Å². The molecular weight excluding hydrogens is 242 g/mol. The molecule has 0 aromatic heterocycles. The molecule has 0 aromatic carbocycles. The Bertz CT molecular complexity index is 300. The highest BCUT2D eigenvalue weighted by Gasteiger charge is 2.44. The number of ether oxygens (including phenoxy) is 2. The summed E-state index contributed by atoms with van der Waals surface area (Å²) in [5.74, 6) is -0.119. The number of esters is 1. The van der Waals surface area contributed by atoms with Gasteiger partial charge in [-0.05, 0) is 26.2 Å². The van der Waals surface area contributed by atoms with Gasteiger partial charge in [-0.2, -0.15) is 0 Å². The predicted molar refractivity (Wildman–Crippen MR) is 74.0 cm³/mol. The summed E-state index contributed by atoms with van der Waals surface area (Å²) >= 11 is 0. The van der Waals surface area contributed by atoms with Gasteiger partial charge in [0.2, 0.25) is 0 Å². The van der Waals surface area contributed by atoms with Crippen molar-refractivity contribution >= 4 is 5.97 Å². The third-order valence-electron chi connectivity index (χ3n) is 4.48. The summed E-state index contributed by atoms with van der Waals surface area (Å²) in [6.45, 7) is 2.67. The first kappa shape index (κ1) is 14.8. The Labute approximate surface area is 116 Å². The molecule has 0 amide bonds. The van der Waals surface area contributed by atoms with Gasteiger partial charge in [0.1, 0.15) is 5.54 Å². The highest BCUT2D eigenvalue weighted by molar-refractivity contribution is 5.81. The Morgan fingerprint density at radius 1 is 1.26 bits per heavy atom. The van der Waals surface area contributed by atoms with E-state index in [2.05, 4.69) is 5.32 Å². The van der Waals surface area contributed by atoms with E-state index in [1.807, 2.05) is 6.92 Å². The van der Waals surface area contributed by atoms with Gasteiger partial charge in [-0.15, -0.1) is 0 Å². The van der Waals surface area contributed by atoms with Crippen molar-refractivity contribution in [1.29, 1.82) is 0 Å². The first-order chi connectivity index (χ1) is 9.16. The van der Waals surface area contributed by atoms with Crippen molar-refractivity contribution in [2.75, 3.05) is 13.7 Å². The Morgan fingerprint density at radius 2 is 1.95 bits per heavy atom. The van der Waals surface area contributed by atoms with E-state index in [0.29, 0.717) is 12.6 Å². The van der Waals surface area contributed by atoms with Gasteiger partial charge in [0.05, 0.1) is 13.2 Å². The van der Waals surface area contributed by atoms with Crippen LogP contribution < -0.4 is 5.32 Å². The van der Waals surface area contributed by atoms with Crippen LogP contribution in [0.4, 0.5) is 0 Å². The topological polar surface area (TPSA) is 47.6 Å². The molecule has 2 rings (SSSR count). The van der Waals surface area contributed by atoms with Gasteiger partial charge in [-0.3, -0.25) is 10.1 Å². The number of nitrogens with one attached hydrogen (secondary N) is 1. The number of carbonyl (C=O) groups is 1. The molecule has 2 fully saturated rings. The van der Waals surface area contributed by atoms with Gasteiger partial charge in [0.15, 0.2) is 0 Å². The lowest BCUT2D eigenvalue weighted by molar-refractivity contribution is -0.156. The fourth-order valence-corrected chi connectivity index (χ4v) is 3.47. The van der Waals surface area contributed by atoms with Crippen molar-refractivity contribution in [3.05, 3.63) is 0 Å². The molecule has 2 unspecified atom stereocenters. The van der Waals surface area contributed by atoms with Crippen LogP contribution in [0.1, 0.15) is 58.3 Å². The minimum absolute atomic E-state index is 0.117. The summed E-state index contributed by atoms with van der Waals surface area (Å²) in [5.41, 5.74) is -0.526. The molecule has 19 heavy (non-hydrogen) atoms. The van der Waals surface area contributed by atoms with Crippen LogP contribution in [-0.2, 0) is 14.3 Å².